The summed E-state index contributed by atoms with van der Waals surface area (Å²) in [5, 5.41) is 4.95. The molecule has 0 unspecified atom stereocenters. The van der Waals surface area contributed by atoms with Crippen molar-refractivity contribution < 1.29 is 13.2 Å². The van der Waals surface area contributed by atoms with Crippen molar-refractivity contribution in [1.29, 1.82) is 0 Å². The molecule has 31 heavy (non-hydrogen) atoms. The molecule has 0 saturated carbocycles. The van der Waals surface area contributed by atoms with Crippen LogP contribution in [0, 0.1) is 0 Å². The molecule has 0 spiro atoms. The van der Waals surface area contributed by atoms with Crippen LogP contribution in [0.5, 0.6) is 0 Å². The largest absolute Gasteiger partial charge is 0.367 e. The highest BCUT2D eigenvalue weighted by atomic mass is 32.2. The molecule has 1 aromatic carbocycles. The maximum absolute atomic E-state index is 13.2. The van der Waals surface area contributed by atoms with Gasteiger partial charge in [-0.1, -0.05) is 12.5 Å². The number of carbonyl (C=O) groups is 1. The highest BCUT2D eigenvalue weighted by Gasteiger charge is 2.28. The van der Waals surface area contributed by atoms with Gasteiger partial charge in [-0.15, -0.1) is 11.3 Å². The lowest BCUT2D eigenvalue weighted by Gasteiger charge is -2.35. The van der Waals surface area contributed by atoms with E-state index in [1.54, 1.807) is 27.8 Å². The normalized spacial score (nSPS) is 18.8. The standard InChI is InChI=1S/C22H30N4O3S2/c1-24-11-13-25(14-12-24)21-8-7-19(31(28,29)26-9-3-2-4-10-26)17-20(21)23-22(27)16-18-6-5-15-30-18/h5-8,15,17H,2-4,9-14,16H2,1H3,(H,23,27). The van der Waals surface area contributed by atoms with Gasteiger partial charge in [-0.25, -0.2) is 8.42 Å². The van der Waals surface area contributed by atoms with E-state index >= 15 is 0 Å². The van der Waals surface area contributed by atoms with Crippen molar-refractivity contribution in [1.82, 2.24) is 9.21 Å². The Kier molecular flexibility index (Phi) is 6.95. The summed E-state index contributed by atoms with van der Waals surface area (Å²) >= 11 is 1.54. The van der Waals surface area contributed by atoms with Gasteiger partial charge in [0.15, 0.2) is 0 Å². The van der Waals surface area contributed by atoms with Gasteiger partial charge in [-0.05, 0) is 49.5 Å². The predicted molar refractivity (Wildman–Crippen MR) is 125 cm³/mol. The molecule has 2 saturated heterocycles. The first kappa shape index (κ1) is 22.3. The molecule has 7 nitrogen and oxygen atoms in total. The molecule has 2 aliphatic heterocycles. The van der Waals surface area contributed by atoms with E-state index in [1.165, 1.54) is 0 Å². The average molecular weight is 463 g/mol. The molecule has 9 heteroatoms. The van der Waals surface area contributed by atoms with E-state index in [2.05, 4.69) is 22.2 Å². The Morgan fingerprint density at radius 2 is 1.77 bits per heavy atom. The molecule has 2 aromatic rings. The van der Waals surface area contributed by atoms with Gasteiger partial charge in [-0.3, -0.25) is 4.79 Å². The van der Waals surface area contributed by atoms with Crippen LogP contribution in [0.1, 0.15) is 24.1 Å². The Labute approximate surface area is 188 Å². The summed E-state index contributed by atoms with van der Waals surface area (Å²) in [5.41, 5.74) is 1.45. The van der Waals surface area contributed by atoms with Crippen LogP contribution in [-0.2, 0) is 21.2 Å². The molecule has 4 rings (SSSR count). The molecular weight excluding hydrogens is 432 g/mol. The number of anilines is 2. The minimum Gasteiger partial charge on any atom is -0.367 e. The smallest absolute Gasteiger partial charge is 0.243 e. The summed E-state index contributed by atoms with van der Waals surface area (Å²) in [6.45, 7) is 4.64. The number of nitrogens with one attached hydrogen (secondary N) is 1. The molecule has 2 aliphatic rings. The number of amides is 1. The number of benzene rings is 1. The highest BCUT2D eigenvalue weighted by Crippen LogP contribution is 2.32. The number of hydrogen-bond donors (Lipinski definition) is 1. The predicted octanol–water partition coefficient (Wildman–Crippen LogP) is 2.86. The number of nitrogens with zero attached hydrogens (tertiary/aromatic N) is 3. The van der Waals surface area contributed by atoms with Gasteiger partial charge in [0.2, 0.25) is 15.9 Å². The van der Waals surface area contributed by atoms with E-state index in [4.69, 9.17) is 0 Å². The Balaban J connectivity index is 1.62. The van der Waals surface area contributed by atoms with E-state index in [0.717, 1.165) is 56.0 Å². The number of thiophene rings is 1. The summed E-state index contributed by atoms with van der Waals surface area (Å²) in [5.74, 6) is -0.134. The summed E-state index contributed by atoms with van der Waals surface area (Å²) in [6.07, 6.45) is 3.13. The monoisotopic (exact) mass is 462 g/mol. The summed E-state index contributed by atoms with van der Waals surface area (Å²) in [6, 6.07) is 9.04. The molecule has 1 N–H and O–H groups in total. The zero-order chi connectivity index (χ0) is 21.8. The first-order chi connectivity index (χ1) is 14.9. The van der Waals surface area contributed by atoms with Gasteiger partial charge in [0.05, 0.1) is 22.7 Å². The van der Waals surface area contributed by atoms with E-state index < -0.39 is 10.0 Å². The zero-order valence-electron chi connectivity index (χ0n) is 17.9. The fourth-order valence-electron chi connectivity index (χ4n) is 4.12. The Hall–Kier alpha value is -1.94. The molecule has 1 amide bonds. The highest BCUT2D eigenvalue weighted by molar-refractivity contribution is 7.89. The van der Waals surface area contributed by atoms with Crippen LogP contribution in [0.4, 0.5) is 11.4 Å². The van der Waals surface area contributed by atoms with Crippen molar-refractivity contribution in [2.75, 3.05) is 56.5 Å². The first-order valence-corrected chi connectivity index (χ1v) is 13.2. The van der Waals surface area contributed by atoms with E-state index in [1.807, 2.05) is 23.6 Å². The van der Waals surface area contributed by atoms with E-state index in [-0.39, 0.29) is 17.2 Å². The Morgan fingerprint density at radius 3 is 2.45 bits per heavy atom. The van der Waals surface area contributed by atoms with Crippen molar-refractivity contribution in [3.05, 3.63) is 40.6 Å². The third-order valence-corrected chi connectivity index (χ3v) is 8.72. The van der Waals surface area contributed by atoms with Crippen molar-refractivity contribution >= 4 is 38.6 Å². The number of piperidine rings is 1. The SMILES string of the molecule is CN1CCN(c2ccc(S(=O)(=O)N3CCCCC3)cc2NC(=O)Cc2cccs2)CC1. The second kappa shape index (κ2) is 9.68. The zero-order valence-corrected chi connectivity index (χ0v) is 19.6. The number of rotatable bonds is 6. The lowest BCUT2D eigenvalue weighted by molar-refractivity contribution is -0.115. The van der Waals surface area contributed by atoms with Gasteiger partial charge in [0.25, 0.3) is 0 Å². The second-order valence-corrected chi connectivity index (χ2v) is 11.2. The first-order valence-electron chi connectivity index (χ1n) is 10.8. The number of piperazine rings is 1. The summed E-state index contributed by atoms with van der Waals surface area (Å²) in [4.78, 5) is 18.5. The van der Waals surface area contributed by atoms with Crippen LogP contribution in [-0.4, -0.2) is 69.8 Å². The fourth-order valence-corrected chi connectivity index (χ4v) is 6.37. The quantitative estimate of drug-likeness (QED) is 0.715. The number of hydrogen-bond acceptors (Lipinski definition) is 6. The van der Waals surface area contributed by atoms with Gasteiger partial charge in [0.1, 0.15) is 0 Å². The number of sulfonamides is 1. The van der Waals surface area contributed by atoms with Crippen LogP contribution >= 0.6 is 11.3 Å². The second-order valence-electron chi connectivity index (χ2n) is 8.24. The summed E-state index contributed by atoms with van der Waals surface area (Å²) in [7, 11) is -1.48. The van der Waals surface area contributed by atoms with Crippen LogP contribution in [0.3, 0.4) is 0 Å². The number of likely N-dealkylation sites (N-methyl/N-ethyl adjacent to an activating group) is 1. The molecule has 3 heterocycles. The van der Waals surface area contributed by atoms with Crippen LogP contribution in [0.15, 0.2) is 40.6 Å². The maximum atomic E-state index is 13.2. The van der Waals surface area contributed by atoms with Gasteiger partial charge < -0.3 is 15.1 Å². The average Bonchev–Trinajstić information content (AvgIpc) is 3.28. The molecule has 0 aliphatic carbocycles. The Bertz CT molecular complexity index is 994. The molecule has 0 radical (unpaired) electrons. The maximum Gasteiger partial charge on any atom is 0.243 e. The van der Waals surface area contributed by atoms with Crippen LogP contribution < -0.4 is 10.2 Å². The topological polar surface area (TPSA) is 73.0 Å². The van der Waals surface area contributed by atoms with Gasteiger partial charge in [0, 0.05) is 44.1 Å². The van der Waals surface area contributed by atoms with Crippen LogP contribution in [0.2, 0.25) is 0 Å². The molecule has 1 aromatic heterocycles. The lowest BCUT2D eigenvalue weighted by atomic mass is 10.2. The number of carbonyl (C=O) groups excluding carboxylic acids is 1. The minimum atomic E-state index is -3.57. The third-order valence-electron chi connectivity index (χ3n) is 5.95. The van der Waals surface area contributed by atoms with Crippen LogP contribution in [0.25, 0.3) is 0 Å². The fraction of sp³-hybridized carbons (Fsp3) is 0.500. The van der Waals surface area contributed by atoms with Crippen molar-refractivity contribution in [2.45, 2.75) is 30.6 Å². The summed E-state index contributed by atoms with van der Waals surface area (Å²) < 4.78 is 28.0. The Morgan fingerprint density at radius 1 is 1.03 bits per heavy atom. The van der Waals surface area contributed by atoms with Gasteiger partial charge >= 0.3 is 0 Å². The minimum absolute atomic E-state index is 0.134. The van der Waals surface area contributed by atoms with Crippen molar-refractivity contribution in [2.24, 2.45) is 0 Å². The molecule has 0 atom stereocenters. The molecule has 0 bridgehead atoms. The molecule has 2 fully saturated rings. The molecular formula is C22H30N4O3S2. The van der Waals surface area contributed by atoms with Crippen molar-refractivity contribution in [3.63, 3.8) is 0 Å². The molecule has 168 valence electrons. The lowest BCUT2D eigenvalue weighted by Crippen LogP contribution is -2.44. The van der Waals surface area contributed by atoms with E-state index in [0.29, 0.717) is 18.8 Å². The third kappa shape index (κ3) is 5.28. The van der Waals surface area contributed by atoms with Crippen molar-refractivity contribution in [3.8, 4) is 0 Å². The van der Waals surface area contributed by atoms with Gasteiger partial charge in [-0.2, -0.15) is 4.31 Å². The van der Waals surface area contributed by atoms with E-state index in [9.17, 15) is 13.2 Å².